The van der Waals surface area contributed by atoms with E-state index in [4.69, 9.17) is 4.74 Å². The molecule has 0 aliphatic carbocycles. The third-order valence-corrected chi connectivity index (χ3v) is 3.13. The number of aliphatic hydroxyl groups excluding tert-OH is 1. The fourth-order valence-corrected chi connectivity index (χ4v) is 2.11. The van der Waals surface area contributed by atoms with Gasteiger partial charge in [-0.15, -0.1) is 0 Å². The van der Waals surface area contributed by atoms with Crippen molar-refractivity contribution in [3.8, 4) is 0 Å². The molecule has 84 valence electrons. The van der Waals surface area contributed by atoms with Crippen molar-refractivity contribution in [3.63, 3.8) is 0 Å². The Morgan fingerprint density at radius 2 is 2.36 bits per heavy atom. The summed E-state index contributed by atoms with van der Waals surface area (Å²) in [5.41, 5.74) is -0.104. The smallest absolute Gasteiger partial charge is 0.0615 e. The maximum absolute atomic E-state index is 9.49. The lowest BCUT2D eigenvalue weighted by Crippen LogP contribution is -2.56. The zero-order valence-corrected chi connectivity index (χ0v) is 9.55. The first kappa shape index (κ1) is 12.0. The monoisotopic (exact) mass is 201 g/mol. The van der Waals surface area contributed by atoms with Crippen LogP contribution in [0.25, 0.3) is 0 Å². The molecule has 3 nitrogen and oxygen atoms in total. The highest BCUT2D eigenvalue weighted by Gasteiger charge is 2.35. The second kappa shape index (κ2) is 5.10. The van der Waals surface area contributed by atoms with Crippen molar-refractivity contribution in [1.82, 2.24) is 5.32 Å². The van der Waals surface area contributed by atoms with Gasteiger partial charge in [0.25, 0.3) is 0 Å². The molecule has 0 aromatic rings. The molecule has 1 aliphatic heterocycles. The Bertz CT molecular complexity index is 175. The van der Waals surface area contributed by atoms with E-state index in [1.807, 2.05) is 0 Å². The minimum absolute atomic E-state index is 0.104. The van der Waals surface area contributed by atoms with Crippen LogP contribution in [-0.4, -0.2) is 36.0 Å². The van der Waals surface area contributed by atoms with Gasteiger partial charge in [-0.25, -0.2) is 0 Å². The van der Waals surface area contributed by atoms with Gasteiger partial charge in [-0.05, 0) is 33.1 Å². The van der Waals surface area contributed by atoms with E-state index in [0.29, 0.717) is 6.04 Å². The van der Waals surface area contributed by atoms with Crippen molar-refractivity contribution in [2.45, 2.75) is 57.7 Å². The SMILES string of the molecule is CCC(C)NC1(CO)CCOC(C)C1. The van der Waals surface area contributed by atoms with Crippen LogP contribution in [0.3, 0.4) is 0 Å². The summed E-state index contributed by atoms with van der Waals surface area (Å²) in [6.45, 7) is 7.36. The van der Waals surface area contributed by atoms with Gasteiger partial charge < -0.3 is 15.2 Å². The van der Waals surface area contributed by atoms with Crippen LogP contribution in [-0.2, 0) is 4.74 Å². The van der Waals surface area contributed by atoms with Gasteiger partial charge in [0.2, 0.25) is 0 Å². The van der Waals surface area contributed by atoms with Crippen LogP contribution < -0.4 is 5.32 Å². The third-order valence-electron chi connectivity index (χ3n) is 3.13. The van der Waals surface area contributed by atoms with Crippen molar-refractivity contribution in [3.05, 3.63) is 0 Å². The van der Waals surface area contributed by atoms with Crippen LogP contribution in [0.1, 0.15) is 40.0 Å². The highest BCUT2D eigenvalue weighted by Crippen LogP contribution is 2.25. The van der Waals surface area contributed by atoms with E-state index in [1.54, 1.807) is 0 Å². The van der Waals surface area contributed by atoms with E-state index in [9.17, 15) is 5.11 Å². The molecule has 0 aromatic carbocycles. The Hall–Kier alpha value is -0.120. The normalized spacial score (nSPS) is 35.6. The maximum atomic E-state index is 9.49. The largest absolute Gasteiger partial charge is 0.394 e. The Morgan fingerprint density at radius 1 is 1.64 bits per heavy atom. The van der Waals surface area contributed by atoms with Gasteiger partial charge in [0, 0.05) is 18.2 Å². The van der Waals surface area contributed by atoms with Crippen LogP contribution >= 0.6 is 0 Å². The molecule has 1 aliphatic rings. The number of hydrogen-bond donors (Lipinski definition) is 2. The second-order valence-electron chi connectivity index (χ2n) is 4.53. The Labute approximate surface area is 86.8 Å². The molecule has 0 spiro atoms. The fraction of sp³-hybridized carbons (Fsp3) is 1.00. The van der Waals surface area contributed by atoms with Crippen molar-refractivity contribution in [1.29, 1.82) is 0 Å². The topological polar surface area (TPSA) is 41.5 Å². The molecule has 1 fully saturated rings. The first-order chi connectivity index (χ1) is 6.62. The maximum Gasteiger partial charge on any atom is 0.0615 e. The first-order valence-electron chi connectivity index (χ1n) is 5.62. The van der Waals surface area contributed by atoms with Gasteiger partial charge in [-0.1, -0.05) is 6.92 Å². The molecule has 1 heterocycles. The van der Waals surface area contributed by atoms with Crippen LogP contribution in [0.15, 0.2) is 0 Å². The van der Waals surface area contributed by atoms with Crippen LogP contribution in [0, 0.1) is 0 Å². The zero-order valence-electron chi connectivity index (χ0n) is 9.55. The summed E-state index contributed by atoms with van der Waals surface area (Å²) < 4.78 is 5.50. The first-order valence-corrected chi connectivity index (χ1v) is 5.62. The average molecular weight is 201 g/mol. The summed E-state index contributed by atoms with van der Waals surface area (Å²) in [4.78, 5) is 0. The van der Waals surface area contributed by atoms with E-state index in [1.165, 1.54) is 0 Å². The number of rotatable bonds is 4. The summed E-state index contributed by atoms with van der Waals surface area (Å²) in [7, 11) is 0. The fourth-order valence-electron chi connectivity index (χ4n) is 2.11. The molecule has 0 radical (unpaired) electrons. The third kappa shape index (κ3) is 2.94. The van der Waals surface area contributed by atoms with Gasteiger partial charge in [-0.3, -0.25) is 0 Å². The molecule has 1 saturated heterocycles. The number of hydrogen-bond acceptors (Lipinski definition) is 3. The molecule has 1 rings (SSSR count). The average Bonchev–Trinajstić information content (AvgIpc) is 2.17. The molecule has 0 saturated carbocycles. The van der Waals surface area contributed by atoms with Crippen LogP contribution in [0.5, 0.6) is 0 Å². The lowest BCUT2D eigenvalue weighted by atomic mass is 9.87. The molecule has 0 bridgehead atoms. The predicted molar refractivity (Wildman–Crippen MR) is 57.4 cm³/mol. The molecule has 0 aromatic heterocycles. The van der Waals surface area contributed by atoms with E-state index < -0.39 is 0 Å². The van der Waals surface area contributed by atoms with Crippen molar-refractivity contribution >= 4 is 0 Å². The summed E-state index contributed by atoms with van der Waals surface area (Å²) in [5, 5.41) is 13.0. The summed E-state index contributed by atoms with van der Waals surface area (Å²) >= 11 is 0. The van der Waals surface area contributed by atoms with E-state index in [-0.39, 0.29) is 18.2 Å². The summed E-state index contributed by atoms with van der Waals surface area (Å²) in [6, 6.07) is 0.465. The lowest BCUT2D eigenvalue weighted by Gasteiger charge is -2.41. The molecule has 3 unspecified atom stereocenters. The standard InChI is InChI=1S/C11H23NO2/c1-4-9(2)12-11(8-13)5-6-14-10(3)7-11/h9-10,12-13H,4-8H2,1-3H3. The highest BCUT2D eigenvalue weighted by molar-refractivity contribution is 4.93. The molecular weight excluding hydrogens is 178 g/mol. The van der Waals surface area contributed by atoms with Gasteiger partial charge in [0.05, 0.1) is 12.7 Å². The number of aliphatic hydroxyl groups is 1. The number of nitrogens with one attached hydrogen (secondary N) is 1. The Balaban J connectivity index is 2.55. The molecule has 3 atom stereocenters. The van der Waals surface area contributed by atoms with Gasteiger partial charge in [0.1, 0.15) is 0 Å². The zero-order chi connectivity index (χ0) is 10.6. The van der Waals surface area contributed by atoms with E-state index in [0.717, 1.165) is 25.9 Å². The predicted octanol–water partition coefficient (Wildman–Crippen LogP) is 1.30. The van der Waals surface area contributed by atoms with E-state index in [2.05, 4.69) is 26.1 Å². The second-order valence-corrected chi connectivity index (χ2v) is 4.53. The van der Waals surface area contributed by atoms with Gasteiger partial charge in [0.15, 0.2) is 0 Å². The van der Waals surface area contributed by atoms with Gasteiger partial charge >= 0.3 is 0 Å². The van der Waals surface area contributed by atoms with Crippen LogP contribution in [0.4, 0.5) is 0 Å². The minimum atomic E-state index is -0.104. The molecule has 0 amide bonds. The quantitative estimate of drug-likeness (QED) is 0.720. The van der Waals surface area contributed by atoms with Crippen molar-refractivity contribution in [2.75, 3.05) is 13.2 Å². The Kier molecular flexibility index (Phi) is 4.35. The molecule has 14 heavy (non-hydrogen) atoms. The minimum Gasteiger partial charge on any atom is -0.394 e. The van der Waals surface area contributed by atoms with Crippen molar-refractivity contribution < 1.29 is 9.84 Å². The van der Waals surface area contributed by atoms with E-state index >= 15 is 0 Å². The van der Waals surface area contributed by atoms with Crippen molar-refractivity contribution in [2.24, 2.45) is 0 Å². The van der Waals surface area contributed by atoms with Gasteiger partial charge in [-0.2, -0.15) is 0 Å². The summed E-state index contributed by atoms with van der Waals surface area (Å²) in [6.07, 6.45) is 3.18. The lowest BCUT2D eigenvalue weighted by molar-refractivity contribution is -0.0391. The number of ether oxygens (including phenoxy) is 1. The summed E-state index contributed by atoms with van der Waals surface area (Å²) in [5.74, 6) is 0. The van der Waals surface area contributed by atoms with Crippen LogP contribution in [0.2, 0.25) is 0 Å². The molecule has 3 heteroatoms. The highest BCUT2D eigenvalue weighted by atomic mass is 16.5. The molecular formula is C11H23NO2. The Morgan fingerprint density at radius 3 is 2.86 bits per heavy atom. The molecule has 2 N–H and O–H groups in total.